The lowest BCUT2D eigenvalue weighted by molar-refractivity contribution is -0.124. The molecule has 5 heteroatoms. The Morgan fingerprint density at radius 3 is 2.69 bits per heavy atom. The summed E-state index contributed by atoms with van der Waals surface area (Å²) in [5, 5.41) is 0. The van der Waals surface area contributed by atoms with Gasteiger partial charge in [-0.3, -0.25) is 4.79 Å². The molecule has 4 nitrogen and oxygen atoms in total. The molecular weight excluding hydrogens is 211 g/mol. The Bertz CT molecular complexity index is 382. The number of ether oxygens (including phenoxy) is 1. The molecule has 1 atom stereocenters. The molecular formula is C11H15FN2O2. The van der Waals surface area contributed by atoms with E-state index in [1.807, 2.05) is 0 Å². The molecule has 0 saturated heterocycles. The Balaban J connectivity index is 2.84. The van der Waals surface area contributed by atoms with E-state index in [0.29, 0.717) is 12.0 Å². The second-order valence-corrected chi connectivity index (χ2v) is 3.39. The van der Waals surface area contributed by atoms with Crippen molar-refractivity contribution in [3.63, 3.8) is 0 Å². The first-order valence-corrected chi connectivity index (χ1v) is 5.03. The van der Waals surface area contributed by atoms with Crippen molar-refractivity contribution in [3.05, 3.63) is 29.6 Å². The summed E-state index contributed by atoms with van der Waals surface area (Å²) in [5.74, 6) is -1.13. The van der Waals surface area contributed by atoms with Gasteiger partial charge in [0.05, 0.1) is 0 Å². The molecule has 1 unspecified atom stereocenters. The van der Waals surface area contributed by atoms with Crippen LogP contribution in [0.2, 0.25) is 0 Å². The Kier molecular flexibility index (Phi) is 4.25. The lowest BCUT2D eigenvalue weighted by Gasteiger charge is -2.14. The maximum atomic E-state index is 13.5. The number of carbonyl (C=O) groups excluding carboxylic acids is 1. The van der Waals surface area contributed by atoms with Gasteiger partial charge in [-0.1, -0.05) is 13.0 Å². The van der Waals surface area contributed by atoms with Gasteiger partial charge >= 0.3 is 0 Å². The number of benzene rings is 1. The third kappa shape index (κ3) is 2.93. The summed E-state index contributed by atoms with van der Waals surface area (Å²) in [5.41, 5.74) is 11.1. The number of amides is 1. The maximum absolute atomic E-state index is 13.5. The third-order valence-corrected chi connectivity index (χ3v) is 2.19. The van der Waals surface area contributed by atoms with E-state index in [9.17, 15) is 9.18 Å². The van der Waals surface area contributed by atoms with Crippen molar-refractivity contribution < 1.29 is 13.9 Å². The number of rotatable bonds is 5. The average Bonchev–Trinajstić information content (AvgIpc) is 2.26. The fourth-order valence-corrected chi connectivity index (χ4v) is 1.26. The Morgan fingerprint density at radius 1 is 1.56 bits per heavy atom. The van der Waals surface area contributed by atoms with Gasteiger partial charge in [0, 0.05) is 6.54 Å². The third-order valence-electron chi connectivity index (χ3n) is 2.19. The zero-order valence-electron chi connectivity index (χ0n) is 9.07. The highest BCUT2D eigenvalue weighted by Gasteiger charge is 2.16. The van der Waals surface area contributed by atoms with E-state index in [1.165, 1.54) is 12.1 Å². The van der Waals surface area contributed by atoms with Gasteiger partial charge in [0.15, 0.2) is 17.7 Å². The van der Waals surface area contributed by atoms with Crippen LogP contribution in [0.5, 0.6) is 5.75 Å². The van der Waals surface area contributed by atoms with Gasteiger partial charge in [-0.25, -0.2) is 4.39 Å². The highest BCUT2D eigenvalue weighted by atomic mass is 19.1. The van der Waals surface area contributed by atoms with Crippen LogP contribution >= 0.6 is 0 Å². The van der Waals surface area contributed by atoms with Crippen molar-refractivity contribution >= 4 is 5.91 Å². The smallest absolute Gasteiger partial charge is 0.258 e. The maximum Gasteiger partial charge on any atom is 0.258 e. The molecule has 1 amide bonds. The first kappa shape index (κ1) is 12.4. The van der Waals surface area contributed by atoms with E-state index < -0.39 is 17.8 Å². The molecule has 0 fully saturated rings. The van der Waals surface area contributed by atoms with Crippen LogP contribution in [-0.4, -0.2) is 12.0 Å². The molecule has 0 saturated carbocycles. The summed E-state index contributed by atoms with van der Waals surface area (Å²) in [6.45, 7) is 1.99. The predicted octanol–water partition coefficient (Wildman–Crippen LogP) is 0.927. The van der Waals surface area contributed by atoms with Gasteiger partial charge in [0.2, 0.25) is 0 Å². The van der Waals surface area contributed by atoms with Crippen molar-refractivity contribution in [3.8, 4) is 5.75 Å². The van der Waals surface area contributed by atoms with E-state index in [1.54, 1.807) is 13.0 Å². The lowest BCUT2D eigenvalue weighted by atomic mass is 10.2. The lowest BCUT2D eigenvalue weighted by Crippen LogP contribution is -2.33. The molecule has 4 N–H and O–H groups in total. The molecule has 0 aromatic heterocycles. The van der Waals surface area contributed by atoms with Crippen LogP contribution in [0.1, 0.15) is 18.9 Å². The normalized spacial score (nSPS) is 12.2. The second kappa shape index (κ2) is 5.46. The molecule has 16 heavy (non-hydrogen) atoms. The van der Waals surface area contributed by atoms with Crippen LogP contribution in [0.25, 0.3) is 0 Å². The minimum absolute atomic E-state index is 0.0165. The van der Waals surface area contributed by atoms with E-state index in [4.69, 9.17) is 16.2 Å². The Morgan fingerprint density at radius 2 is 2.25 bits per heavy atom. The first-order chi connectivity index (χ1) is 7.58. The van der Waals surface area contributed by atoms with Crippen LogP contribution < -0.4 is 16.2 Å². The van der Waals surface area contributed by atoms with Gasteiger partial charge in [-0.15, -0.1) is 0 Å². The monoisotopic (exact) mass is 226 g/mol. The molecule has 1 rings (SSSR count). The van der Waals surface area contributed by atoms with Gasteiger partial charge in [-0.2, -0.15) is 0 Å². The van der Waals surface area contributed by atoms with Crippen molar-refractivity contribution in [2.24, 2.45) is 11.5 Å². The standard InChI is InChI=1S/C11H15FN2O2/c1-2-9(11(14)15)16-10-4-3-7(6-13)5-8(10)12/h3-5,9H,2,6,13H2,1H3,(H2,14,15). The van der Waals surface area contributed by atoms with Gasteiger partial charge in [0.25, 0.3) is 5.91 Å². The average molecular weight is 226 g/mol. The van der Waals surface area contributed by atoms with Crippen molar-refractivity contribution in [1.29, 1.82) is 0 Å². The zero-order chi connectivity index (χ0) is 12.1. The summed E-state index contributed by atoms with van der Waals surface area (Å²) in [7, 11) is 0. The Hall–Kier alpha value is -1.62. The van der Waals surface area contributed by atoms with Crippen LogP contribution in [-0.2, 0) is 11.3 Å². The summed E-state index contributed by atoms with van der Waals surface area (Å²) in [6.07, 6.45) is -0.411. The van der Waals surface area contributed by atoms with Crippen molar-refractivity contribution in [2.45, 2.75) is 26.0 Å². The SMILES string of the molecule is CCC(Oc1ccc(CN)cc1F)C(N)=O. The number of hydrogen-bond acceptors (Lipinski definition) is 3. The number of primary amides is 1. The quantitative estimate of drug-likeness (QED) is 0.783. The molecule has 1 aromatic rings. The predicted molar refractivity (Wildman–Crippen MR) is 58.2 cm³/mol. The van der Waals surface area contributed by atoms with Crippen molar-refractivity contribution in [1.82, 2.24) is 0 Å². The van der Waals surface area contributed by atoms with Crippen LogP contribution in [0.3, 0.4) is 0 Å². The summed E-state index contributed by atoms with van der Waals surface area (Å²) in [4.78, 5) is 10.9. The van der Waals surface area contributed by atoms with Gasteiger partial charge in [0.1, 0.15) is 0 Å². The molecule has 1 aromatic carbocycles. The molecule has 0 radical (unpaired) electrons. The van der Waals surface area contributed by atoms with E-state index in [-0.39, 0.29) is 12.3 Å². The molecule has 0 aliphatic heterocycles. The fourth-order valence-electron chi connectivity index (χ4n) is 1.26. The topological polar surface area (TPSA) is 78.3 Å². The molecule has 0 bridgehead atoms. The number of carbonyl (C=O) groups is 1. The molecule has 0 aliphatic rings. The first-order valence-electron chi connectivity index (χ1n) is 5.03. The fraction of sp³-hybridized carbons (Fsp3) is 0.364. The van der Waals surface area contributed by atoms with E-state index >= 15 is 0 Å². The molecule has 88 valence electrons. The molecule has 0 spiro atoms. The summed E-state index contributed by atoms with van der Waals surface area (Å²) < 4.78 is 18.6. The number of halogens is 1. The number of nitrogens with two attached hydrogens (primary N) is 2. The number of hydrogen-bond donors (Lipinski definition) is 2. The molecule has 0 aliphatic carbocycles. The Labute approximate surface area is 93.4 Å². The van der Waals surface area contributed by atoms with Crippen LogP contribution in [0, 0.1) is 5.82 Å². The van der Waals surface area contributed by atoms with E-state index in [0.717, 1.165) is 0 Å². The van der Waals surface area contributed by atoms with E-state index in [2.05, 4.69) is 0 Å². The van der Waals surface area contributed by atoms with Crippen LogP contribution in [0.4, 0.5) is 4.39 Å². The molecule has 0 heterocycles. The van der Waals surface area contributed by atoms with Crippen molar-refractivity contribution in [2.75, 3.05) is 0 Å². The van der Waals surface area contributed by atoms with Gasteiger partial charge in [-0.05, 0) is 24.1 Å². The minimum atomic E-state index is -0.807. The van der Waals surface area contributed by atoms with Crippen LogP contribution in [0.15, 0.2) is 18.2 Å². The summed E-state index contributed by atoms with van der Waals surface area (Å²) in [6, 6.07) is 4.37. The largest absolute Gasteiger partial charge is 0.478 e. The summed E-state index contributed by atoms with van der Waals surface area (Å²) >= 11 is 0. The van der Waals surface area contributed by atoms with Gasteiger partial charge < -0.3 is 16.2 Å². The zero-order valence-corrected chi connectivity index (χ0v) is 9.07. The minimum Gasteiger partial charge on any atom is -0.478 e. The highest BCUT2D eigenvalue weighted by Crippen LogP contribution is 2.20. The highest BCUT2D eigenvalue weighted by molar-refractivity contribution is 5.79. The second-order valence-electron chi connectivity index (χ2n) is 3.39.